The lowest BCUT2D eigenvalue weighted by molar-refractivity contribution is 0.0996. The highest BCUT2D eigenvalue weighted by molar-refractivity contribution is 7.03. The Morgan fingerprint density at radius 3 is 3.08 bits per heavy atom. The molecule has 7 heteroatoms. The van der Waals surface area contributed by atoms with E-state index in [1.54, 1.807) is 11.4 Å². The standard InChI is InChI=1S/C6H4N4O2S/c7-6(11)4-5(12-10-8-4)3-1-2-13-9-3/h1-2H,(H2,7,11). The number of hydrogen-bond acceptors (Lipinski definition) is 6. The van der Waals surface area contributed by atoms with E-state index in [9.17, 15) is 4.79 Å². The zero-order valence-corrected chi connectivity index (χ0v) is 7.11. The molecular weight excluding hydrogens is 192 g/mol. The Kier molecular flexibility index (Phi) is 1.78. The molecule has 0 aromatic carbocycles. The minimum atomic E-state index is -0.677. The summed E-state index contributed by atoms with van der Waals surface area (Å²) in [7, 11) is 0. The van der Waals surface area contributed by atoms with E-state index in [1.165, 1.54) is 11.5 Å². The third-order valence-corrected chi connectivity index (χ3v) is 1.95. The Hall–Kier alpha value is -1.76. The van der Waals surface area contributed by atoms with Crippen molar-refractivity contribution < 1.29 is 9.32 Å². The number of rotatable bonds is 2. The maximum atomic E-state index is 10.8. The third kappa shape index (κ3) is 1.29. The fourth-order valence-electron chi connectivity index (χ4n) is 0.850. The highest BCUT2D eigenvalue weighted by Crippen LogP contribution is 2.20. The normalized spacial score (nSPS) is 10.2. The first-order valence-electron chi connectivity index (χ1n) is 3.32. The summed E-state index contributed by atoms with van der Waals surface area (Å²) in [5.41, 5.74) is 5.56. The van der Waals surface area contributed by atoms with Gasteiger partial charge in [0.25, 0.3) is 5.91 Å². The van der Waals surface area contributed by atoms with Crippen molar-refractivity contribution in [2.45, 2.75) is 0 Å². The zero-order chi connectivity index (χ0) is 9.26. The Bertz CT molecular complexity index is 422. The predicted octanol–water partition coefficient (Wildman–Crippen LogP) is 0.292. The van der Waals surface area contributed by atoms with Crippen LogP contribution in [0.25, 0.3) is 11.5 Å². The first kappa shape index (κ1) is 7.87. The fraction of sp³-hybridized carbons (Fsp3) is 0. The number of primary amides is 1. The van der Waals surface area contributed by atoms with E-state index in [0.717, 1.165) is 0 Å². The van der Waals surface area contributed by atoms with Crippen LogP contribution in [-0.2, 0) is 0 Å². The van der Waals surface area contributed by atoms with Gasteiger partial charge in [0, 0.05) is 10.7 Å². The van der Waals surface area contributed by atoms with E-state index >= 15 is 0 Å². The minimum absolute atomic E-state index is 0.00546. The Balaban J connectivity index is 2.52. The lowest BCUT2D eigenvalue weighted by Gasteiger charge is -1.88. The summed E-state index contributed by atoms with van der Waals surface area (Å²) < 4.78 is 8.71. The second kappa shape index (κ2) is 2.94. The lowest BCUT2D eigenvalue weighted by atomic mass is 10.2. The molecule has 0 saturated carbocycles. The van der Waals surface area contributed by atoms with Crippen molar-refractivity contribution >= 4 is 17.4 Å². The van der Waals surface area contributed by atoms with E-state index < -0.39 is 5.91 Å². The van der Waals surface area contributed by atoms with Gasteiger partial charge >= 0.3 is 0 Å². The van der Waals surface area contributed by atoms with Gasteiger partial charge < -0.3 is 10.3 Å². The summed E-state index contributed by atoms with van der Waals surface area (Å²) in [5, 5.41) is 8.44. The van der Waals surface area contributed by atoms with Crippen molar-refractivity contribution in [3.63, 3.8) is 0 Å². The molecule has 2 rings (SSSR count). The number of aromatic nitrogens is 3. The van der Waals surface area contributed by atoms with Crippen LogP contribution in [0, 0.1) is 0 Å². The van der Waals surface area contributed by atoms with Crippen molar-refractivity contribution in [3.8, 4) is 11.5 Å². The van der Waals surface area contributed by atoms with Gasteiger partial charge in [0.2, 0.25) is 11.5 Å². The molecule has 0 bridgehead atoms. The topological polar surface area (TPSA) is 94.9 Å². The van der Waals surface area contributed by atoms with Crippen LogP contribution in [0.15, 0.2) is 16.0 Å². The zero-order valence-electron chi connectivity index (χ0n) is 6.30. The van der Waals surface area contributed by atoms with Crippen LogP contribution in [0.5, 0.6) is 0 Å². The number of carbonyl (C=O) groups is 1. The number of amides is 1. The van der Waals surface area contributed by atoms with Gasteiger partial charge in [0.05, 0.1) is 0 Å². The molecule has 2 heterocycles. The van der Waals surface area contributed by atoms with Crippen molar-refractivity contribution in [1.82, 2.24) is 14.7 Å². The van der Waals surface area contributed by atoms with Crippen LogP contribution in [-0.4, -0.2) is 20.7 Å². The summed E-state index contributed by atoms with van der Waals surface area (Å²) in [4.78, 5) is 10.8. The van der Waals surface area contributed by atoms with Crippen molar-refractivity contribution in [1.29, 1.82) is 0 Å². The van der Waals surface area contributed by atoms with Crippen LogP contribution in [0.2, 0.25) is 0 Å². The van der Waals surface area contributed by atoms with Gasteiger partial charge in [-0.25, -0.2) is 0 Å². The molecule has 0 saturated heterocycles. The van der Waals surface area contributed by atoms with E-state index in [4.69, 9.17) is 10.3 Å². The second-order valence-corrected chi connectivity index (χ2v) is 2.87. The molecular formula is C6H4N4O2S. The molecule has 1 amide bonds. The number of hydrogen-bond donors (Lipinski definition) is 1. The van der Waals surface area contributed by atoms with Gasteiger partial charge in [0.1, 0.15) is 5.69 Å². The van der Waals surface area contributed by atoms with Gasteiger partial charge in [-0.05, 0) is 17.6 Å². The highest BCUT2D eigenvalue weighted by Gasteiger charge is 2.18. The van der Waals surface area contributed by atoms with Gasteiger partial charge in [-0.1, -0.05) is 0 Å². The molecule has 6 nitrogen and oxygen atoms in total. The van der Waals surface area contributed by atoms with Crippen molar-refractivity contribution in [2.24, 2.45) is 5.73 Å². The van der Waals surface area contributed by atoms with E-state index in [0.29, 0.717) is 5.69 Å². The molecule has 0 fully saturated rings. The Labute approximate surface area is 76.5 Å². The molecule has 13 heavy (non-hydrogen) atoms. The largest absolute Gasteiger partial charge is 0.364 e. The summed E-state index contributed by atoms with van der Waals surface area (Å²) in [6.07, 6.45) is 0. The maximum absolute atomic E-state index is 10.8. The monoisotopic (exact) mass is 196 g/mol. The van der Waals surface area contributed by atoms with Crippen molar-refractivity contribution in [2.75, 3.05) is 0 Å². The van der Waals surface area contributed by atoms with E-state index in [-0.39, 0.29) is 11.5 Å². The predicted molar refractivity (Wildman–Crippen MR) is 43.9 cm³/mol. The molecule has 0 radical (unpaired) electrons. The first-order valence-corrected chi connectivity index (χ1v) is 4.15. The molecule has 0 unspecified atom stereocenters. The van der Waals surface area contributed by atoms with E-state index in [1.807, 2.05) is 0 Å². The summed E-state index contributed by atoms with van der Waals surface area (Å²) in [5.74, 6) is -0.460. The average Bonchev–Trinajstić information content (AvgIpc) is 2.74. The highest BCUT2D eigenvalue weighted by atomic mass is 32.1. The number of nitrogens with two attached hydrogens (primary N) is 1. The lowest BCUT2D eigenvalue weighted by Crippen LogP contribution is -2.12. The van der Waals surface area contributed by atoms with Gasteiger partial charge in [0.15, 0.2) is 0 Å². The summed E-state index contributed by atoms with van der Waals surface area (Å²) in [6.45, 7) is 0. The molecule has 0 spiro atoms. The Morgan fingerprint density at radius 1 is 1.62 bits per heavy atom. The smallest absolute Gasteiger partial charge is 0.273 e. The first-order chi connectivity index (χ1) is 6.29. The third-order valence-electron chi connectivity index (χ3n) is 1.39. The van der Waals surface area contributed by atoms with Crippen LogP contribution in [0.3, 0.4) is 0 Å². The molecule has 0 aliphatic rings. The fourth-order valence-corrected chi connectivity index (χ4v) is 1.36. The molecule has 66 valence electrons. The number of carbonyl (C=O) groups excluding carboxylic acids is 1. The Morgan fingerprint density at radius 2 is 2.46 bits per heavy atom. The van der Waals surface area contributed by atoms with Crippen LogP contribution < -0.4 is 5.73 Å². The van der Waals surface area contributed by atoms with Crippen LogP contribution in [0.4, 0.5) is 0 Å². The van der Waals surface area contributed by atoms with Gasteiger partial charge in [-0.2, -0.15) is 4.37 Å². The van der Waals surface area contributed by atoms with Gasteiger partial charge in [-0.3, -0.25) is 4.79 Å². The maximum Gasteiger partial charge on any atom is 0.273 e. The molecule has 0 aliphatic carbocycles. The average molecular weight is 196 g/mol. The molecule has 2 aromatic heterocycles. The van der Waals surface area contributed by atoms with E-state index in [2.05, 4.69) is 14.7 Å². The quantitative estimate of drug-likeness (QED) is 0.744. The second-order valence-electron chi connectivity index (χ2n) is 2.20. The SMILES string of the molecule is NC(=O)c1nnoc1-c1ccsn1. The summed E-state index contributed by atoms with van der Waals surface area (Å²) in [6, 6.07) is 1.69. The minimum Gasteiger partial charge on any atom is -0.364 e. The van der Waals surface area contributed by atoms with Crippen LogP contribution in [0.1, 0.15) is 10.5 Å². The molecule has 2 aromatic rings. The summed E-state index contributed by atoms with van der Waals surface area (Å²) >= 11 is 1.24. The number of nitrogens with zero attached hydrogens (tertiary/aromatic N) is 3. The molecule has 0 atom stereocenters. The van der Waals surface area contributed by atoms with Crippen molar-refractivity contribution in [3.05, 3.63) is 17.1 Å². The molecule has 2 N–H and O–H groups in total. The van der Waals surface area contributed by atoms with Gasteiger partial charge in [-0.15, -0.1) is 5.10 Å². The van der Waals surface area contributed by atoms with Crippen LogP contribution >= 0.6 is 11.5 Å². The molecule has 0 aliphatic heterocycles.